The van der Waals surface area contributed by atoms with Crippen LogP contribution in [0, 0.1) is 17.3 Å². The molecule has 1 rings (SSSR count). The molecule has 5 heteroatoms. The van der Waals surface area contributed by atoms with Gasteiger partial charge in [0.25, 0.3) is 0 Å². The Morgan fingerprint density at radius 3 is 2.93 bits per heavy atom. The molecular formula is C9H7FN2O2. The van der Waals surface area contributed by atoms with E-state index < -0.39 is 11.9 Å². The molecular weight excluding hydrogens is 187 g/mol. The van der Waals surface area contributed by atoms with Crippen LogP contribution in [0.2, 0.25) is 0 Å². The summed E-state index contributed by atoms with van der Waals surface area (Å²) in [5.74, 6) is -1.36. The summed E-state index contributed by atoms with van der Waals surface area (Å²) in [6, 6.07) is 4.39. The van der Waals surface area contributed by atoms with E-state index in [1.54, 1.807) is 6.07 Å². The largest absolute Gasteiger partial charge is 0.469 e. The van der Waals surface area contributed by atoms with Gasteiger partial charge in [0, 0.05) is 5.56 Å². The molecule has 1 heterocycles. The number of hydrogen-bond donors (Lipinski definition) is 0. The summed E-state index contributed by atoms with van der Waals surface area (Å²) in [7, 11) is 1.22. The molecule has 0 N–H and O–H groups in total. The molecule has 72 valence electrons. The highest BCUT2D eigenvalue weighted by molar-refractivity contribution is 5.72. The molecule has 0 unspecified atom stereocenters. The fourth-order valence-electron chi connectivity index (χ4n) is 0.885. The molecule has 4 nitrogen and oxygen atoms in total. The molecule has 0 aliphatic heterocycles. The molecule has 0 saturated heterocycles. The monoisotopic (exact) mass is 194 g/mol. The number of hydrogen-bond acceptors (Lipinski definition) is 4. The van der Waals surface area contributed by atoms with E-state index in [4.69, 9.17) is 5.26 Å². The van der Waals surface area contributed by atoms with Gasteiger partial charge in [-0.05, 0) is 6.07 Å². The predicted molar refractivity (Wildman–Crippen MR) is 44.6 cm³/mol. The molecule has 0 aliphatic rings. The van der Waals surface area contributed by atoms with E-state index in [2.05, 4.69) is 9.72 Å². The Bertz CT molecular complexity index is 398. The molecule has 0 bridgehead atoms. The highest BCUT2D eigenvalue weighted by Gasteiger charge is 2.09. The fourth-order valence-corrected chi connectivity index (χ4v) is 0.885. The van der Waals surface area contributed by atoms with Gasteiger partial charge in [-0.3, -0.25) is 4.79 Å². The van der Waals surface area contributed by atoms with Gasteiger partial charge >= 0.3 is 5.97 Å². The van der Waals surface area contributed by atoms with Crippen molar-refractivity contribution in [1.29, 1.82) is 5.26 Å². The summed E-state index contributed by atoms with van der Waals surface area (Å²) in [5.41, 5.74) is 0.104. The maximum atomic E-state index is 13.1. The van der Waals surface area contributed by atoms with Gasteiger partial charge < -0.3 is 4.74 Å². The second kappa shape index (κ2) is 4.33. The van der Waals surface area contributed by atoms with E-state index in [-0.39, 0.29) is 17.7 Å². The number of halogens is 1. The van der Waals surface area contributed by atoms with Crippen LogP contribution in [-0.4, -0.2) is 18.1 Å². The van der Waals surface area contributed by atoms with Crippen molar-refractivity contribution in [3.63, 3.8) is 0 Å². The van der Waals surface area contributed by atoms with Gasteiger partial charge in [-0.25, -0.2) is 4.98 Å². The number of ether oxygens (including phenoxy) is 1. The van der Waals surface area contributed by atoms with Gasteiger partial charge in [0.1, 0.15) is 11.8 Å². The summed E-state index contributed by atoms with van der Waals surface area (Å²) < 4.78 is 17.4. The molecule has 0 radical (unpaired) electrons. The lowest BCUT2D eigenvalue weighted by atomic mass is 10.2. The predicted octanol–water partition coefficient (Wildman–Crippen LogP) is 0.808. The second-order valence-electron chi connectivity index (χ2n) is 2.51. The Balaban J connectivity index is 2.90. The van der Waals surface area contributed by atoms with E-state index in [1.165, 1.54) is 19.2 Å². The number of nitrogens with zero attached hydrogens (tertiary/aromatic N) is 2. The molecule has 14 heavy (non-hydrogen) atoms. The zero-order valence-electron chi connectivity index (χ0n) is 7.45. The summed E-state index contributed by atoms with van der Waals surface area (Å²) in [6.07, 6.45) is -0.180. The normalized spacial score (nSPS) is 9.21. The number of esters is 1. The number of carbonyl (C=O) groups is 1. The first-order valence-corrected chi connectivity index (χ1v) is 3.79. The van der Waals surface area contributed by atoms with Crippen LogP contribution in [-0.2, 0) is 16.0 Å². The third kappa shape index (κ3) is 2.26. The fraction of sp³-hybridized carbons (Fsp3) is 0.222. The zero-order chi connectivity index (χ0) is 10.6. The average molecular weight is 194 g/mol. The molecule has 1 aromatic heterocycles. The second-order valence-corrected chi connectivity index (χ2v) is 2.51. The molecule has 0 fully saturated rings. The summed E-state index contributed by atoms with van der Waals surface area (Å²) in [4.78, 5) is 14.1. The molecule has 0 atom stereocenters. The third-order valence-electron chi connectivity index (χ3n) is 1.60. The van der Waals surface area contributed by atoms with Crippen LogP contribution in [0.4, 0.5) is 4.39 Å². The van der Waals surface area contributed by atoms with Crippen LogP contribution in [0.25, 0.3) is 0 Å². The van der Waals surface area contributed by atoms with Gasteiger partial charge in [-0.2, -0.15) is 9.65 Å². The summed E-state index contributed by atoms with van der Waals surface area (Å²) in [5, 5.41) is 8.41. The Kier molecular flexibility index (Phi) is 3.13. The van der Waals surface area contributed by atoms with Crippen molar-refractivity contribution in [1.82, 2.24) is 4.98 Å². The highest BCUT2D eigenvalue weighted by atomic mass is 19.1. The number of methoxy groups -OCH3 is 1. The molecule has 0 amide bonds. The summed E-state index contributed by atoms with van der Waals surface area (Å²) >= 11 is 0. The lowest BCUT2D eigenvalue weighted by Crippen LogP contribution is -2.07. The Morgan fingerprint density at radius 2 is 2.43 bits per heavy atom. The first-order chi connectivity index (χ1) is 6.67. The van der Waals surface area contributed by atoms with Crippen molar-refractivity contribution in [2.75, 3.05) is 7.11 Å². The first-order valence-electron chi connectivity index (χ1n) is 3.79. The molecule has 1 aromatic rings. The minimum absolute atomic E-state index is 0.0175. The van der Waals surface area contributed by atoms with Crippen molar-refractivity contribution in [3.8, 4) is 6.07 Å². The van der Waals surface area contributed by atoms with Gasteiger partial charge in [0.15, 0.2) is 0 Å². The summed E-state index contributed by atoms with van der Waals surface area (Å²) in [6.45, 7) is 0. The lowest BCUT2D eigenvalue weighted by molar-refractivity contribution is -0.139. The van der Waals surface area contributed by atoms with Gasteiger partial charge in [-0.1, -0.05) is 6.07 Å². The van der Waals surface area contributed by atoms with Crippen LogP contribution >= 0.6 is 0 Å². The Hall–Kier alpha value is -1.96. The van der Waals surface area contributed by atoms with Crippen LogP contribution in [0.3, 0.4) is 0 Å². The maximum absolute atomic E-state index is 13.1. The zero-order valence-corrected chi connectivity index (χ0v) is 7.45. The first kappa shape index (κ1) is 10.1. The van der Waals surface area contributed by atoms with Crippen LogP contribution in [0.15, 0.2) is 12.1 Å². The number of aromatic nitrogens is 1. The van der Waals surface area contributed by atoms with Crippen molar-refractivity contribution in [3.05, 3.63) is 29.3 Å². The Morgan fingerprint density at radius 1 is 1.71 bits per heavy atom. The number of rotatable bonds is 2. The molecule has 0 aliphatic carbocycles. The van der Waals surface area contributed by atoms with Crippen LogP contribution in [0.1, 0.15) is 11.3 Å². The quantitative estimate of drug-likeness (QED) is 0.516. The number of carbonyl (C=O) groups excluding carboxylic acids is 1. The third-order valence-corrected chi connectivity index (χ3v) is 1.60. The van der Waals surface area contributed by atoms with E-state index in [0.29, 0.717) is 0 Å². The van der Waals surface area contributed by atoms with Gasteiger partial charge in [0.05, 0.1) is 13.5 Å². The highest BCUT2D eigenvalue weighted by Crippen LogP contribution is 2.07. The smallest absolute Gasteiger partial charge is 0.310 e. The minimum Gasteiger partial charge on any atom is -0.469 e. The number of pyridine rings is 1. The maximum Gasteiger partial charge on any atom is 0.310 e. The standard InChI is InChI=1S/C9H7FN2O2/c1-14-8(13)4-6-2-3-7(5-11)12-9(6)10/h2-3H,4H2,1H3. The van der Waals surface area contributed by atoms with E-state index in [1.807, 2.05) is 0 Å². The van der Waals surface area contributed by atoms with E-state index in [0.717, 1.165) is 0 Å². The topological polar surface area (TPSA) is 63.0 Å². The van der Waals surface area contributed by atoms with E-state index in [9.17, 15) is 9.18 Å². The van der Waals surface area contributed by atoms with Crippen LogP contribution in [0.5, 0.6) is 0 Å². The van der Waals surface area contributed by atoms with Crippen LogP contribution < -0.4 is 0 Å². The van der Waals surface area contributed by atoms with Crippen molar-refractivity contribution < 1.29 is 13.9 Å². The van der Waals surface area contributed by atoms with Gasteiger partial charge in [-0.15, -0.1) is 0 Å². The average Bonchev–Trinajstić information content (AvgIpc) is 2.20. The molecule has 0 aromatic carbocycles. The Labute approximate surface area is 79.9 Å². The molecule has 0 spiro atoms. The SMILES string of the molecule is COC(=O)Cc1ccc(C#N)nc1F. The van der Waals surface area contributed by atoms with E-state index >= 15 is 0 Å². The lowest BCUT2D eigenvalue weighted by Gasteiger charge is -2.00. The molecule has 0 saturated carbocycles. The number of nitriles is 1. The van der Waals surface area contributed by atoms with Crippen molar-refractivity contribution in [2.45, 2.75) is 6.42 Å². The van der Waals surface area contributed by atoms with Gasteiger partial charge in [0.2, 0.25) is 5.95 Å². The van der Waals surface area contributed by atoms with Crippen molar-refractivity contribution in [2.24, 2.45) is 0 Å². The minimum atomic E-state index is -0.811. The van der Waals surface area contributed by atoms with Crippen molar-refractivity contribution >= 4 is 5.97 Å².